The second kappa shape index (κ2) is 8.43. The number of hydrogen-bond acceptors (Lipinski definition) is 5. The Hall–Kier alpha value is -2.57. The average molecular weight is 405 g/mol. The maximum Gasteiger partial charge on any atom is 0.417 e. The van der Waals surface area contributed by atoms with Gasteiger partial charge in [-0.1, -0.05) is 58.0 Å². The van der Waals surface area contributed by atoms with Crippen molar-refractivity contribution in [2.75, 3.05) is 6.61 Å². The second-order valence-corrected chi connectivity index (χ2v) is 9.26. The van der Waals surface area contributed by atoms with Crippen LogP contribution in [-0.4, -0.2) is 47.3 Å². The van der Waals surface area contributed by atoms with Crippen molar-refractivity contribution >= 4 is 18.1 Å². The molecule has 3 amide bonds. The fourth-order valence-corrected chi connectivity index (χ4v) is 3.33. The molecule has 7 heteroatoms. The molecule has 1 N–H and O–H groups in total. The van der Waals surface area contributed by atoms with E-state index in [9.17, 15) is 14.4 Å². The molecule has 1 aromatic carbocycles. The lowest BCUT2D eigenvalue weighted by molar-refractivity contribution is -0.133. The molecule has 1 unspecified atom stereocenters. The van der Waals surface area contributed by atoms with Crippen molar-refractivity contribution in [3.8, 4) is 0 Å². The summed E-state index contributed by atoms with van der Waals surface area (Å²) in [5, 5.41) is 2.71. The molecule has 0 spiro atoms. The Bertz CT molecular complexity index is 752. The molecule has 160 valence electrons. The lowest BCUT2D eigenvalue weighted by Gasteiger charge is -2.37. The molecule has 7 nitrogen and oxygen atoms in total. The summed E-state index contributed by atoms with van der Waals surface area (Å²) < 4.78 is 10.5. The number of carbonyl (C=O) groups excluding carboxylic acids is 3. The number of amides is 3. The normalized spacial score (nSPS) is 18.4. The van der Waals surface area contributed by atoms with E-state index in [-0.39, 0.29) is 18.6 Å². The summed E-state index contributed by atoms with van der Waals surface area (Å²) in [6.45, 7) is 12.9. The zero-order chi connectivity index (χ0) is 22.0. The molecule has 0 aromatic heterocycles. The molecule has 0 radical (unpaired) electrons. The van der Waals surface area contributed by atoms with Crippen LogP contribution in [0.25, 0.3) is 0 Å². The van der Waals surface area contributed by atoms with Crippen LogP contribution in [0.15, 0.2) is 30.3 Å². The van der Waals surface area contributed by atoms with Gasteiger partial charge < -0.3 is 14.8 Å². The monoisotopic (exact) mass is 404 g/mol. The first-order valence-electron chi connectivity index (χ1n) is 9.89. The first-order chi connectivity index (χ1) is 13.3. The lowest BCUT2D eigenvalue weighted by atomic mass is 9.77. The third-order valence-electron chi connectivity index (χ3n) is 5.06. The molecule has 0 bridgehead atoms. The Labute approximate surface area is 172 Å². The van der Waals surface area contributed by atoms with E-state index < -0.39 is 35.2 Å². The fourth-order valence-electron chi connectivity index (χ4n) is 3.33. The van der Waals surface area contributed by atoms with Gasteiger partial charge in [0.15, 0.2) is 0 Å². The number of rotatable bonds is 5. The van der Waals surface area contributed by atoms with E-state index in [1.807, 2.05) is 58.0 Å². The van der Waals surface area contributed by atoms with Gasteiger partial charge >= 0.3 is 12.2 Å². The molecule has 1 heterocycles. The minimum Gasteiger partial charge on any atom is -0.447 e. The highest BCUT2D eigenvalue weighted by Crippen LogP contribution is 2.31. The van der Waals surface area contributed by atoms with Gasteiger partial charge in [0.2, 0.25) is 0 Å². The molecule has 0 aliphatic carbocycles. The predicted molar refractivity (Wildman–Crippen MR) is 109 cm³/mol. The smallest absolute Gasteiger partial charge is 0.417 e. The zero-order valence-electron chi connectivity index (χ0n) is 18.3. The minimum atomic E-state index is -1.02. The van der Waals surface area contributed by atoms with Gasteiger partial charge in [-0.3, -0.25) is 4.79 Å². The van der Waals surface area contributed by atoms with Crippen LogP contribution in [-0.2, 0) is 19.7 Å². The molecular formula is C22H32N2O5. The summed E-state index contributed by atoms with van der Waals surface area (Å²) in [5.41, 5.74) is -0.676. The second-order valence-electron chi connectivity index (χ2n) is 9.26. The molecule has 2 rings (SSSR count). The van der Waals surface area contributed by atoms with Crippen LogP contribution >= 0.6 is 0 Å². The first-order valence-corrected chi connectivity index (χ1v) is 9.89. The van der Waals surface area contributed by atoms with Crippen molar-refractivity contribution in [1.82, 2.24) is 10.2 Å². The average Bonchev–Trinajstić information content (AvgIpc) is 3.00. The van der Waals surface area contributed by atoms with E-state index in [1.54, 1.807) is 20.8 Å². The van der Waals surface area contributed by atoms with E-state index in [2.05, 4.69) is 5.32 Å². The Morgan fingerprint density at radius 1 is 1.14 bits per heavy atom. The van der Waals surface area contributed by atoms with Crippen LogP contribution in [0.4, 0.5) is 9.59 Å². The fraction of sp³-hybridized carbons (Fsp3) is 0.591. The molecule has 29 heavy (non-hydrogen) atoms. The van der Waals surface area contributed by atoms with Gasteiger partial charge in [0.1, 0.15) is 18.2 Å². The zero-order valence-corrected chi connectivity index (χ0v) is 18.3. The highest BCUT2D eigenvalue weighted by Gasteiger charge is 2.47. The quantitative estimate of drug-likeness (QED) is 0.805. The minimum absolute atomic E-state index is 0.0208. The summed E-state index contributed by atoms with van der Waals surface area (Å²) >= 11 is 0. The van der Waals surface area contributed by atoms with Crippen molar-refractivity contribution in [2.24, 2.45) is 5.92 Å². The van der Waals surface area contributed by atoms with E-state index >= 15 is 0 Å². The Morgan fingerprint density at radius 2 is 1.72 bits per heavy atom. The number of imide groups is 1. The topological polar surface area (TPSA) is 84.9 Å². The summed E-state index contributed by atoms with van der Waals surface area (Å²) in [6.07, 6.45) is -1.40. The third kappa shape index (κ3) is 5.28. The predicted octanol–water partition coefficient (Wildman–Crippen LogP) is 3.86. The molecule has 1 saturated heterocycles. The third-order valence-corrected chi connectivity index (χ3v) is 5.06. The number of benzene rings is 1. The van der Waals surface area contributed by atoms with Gasteiger partial charge in [0.05, 0.1) is 6.04 Å². The summed E-state index contributed by atoms with van der Waals surface area (Å²) in [5.74, 6) is -0.488. The maximum atomic E-state index is 13.5. The summed E-state index contributed by atoms with van der Waals surface area (Å²) in [6, 6.07) is 7.99. The molecule has 0 saturated carbocycles. The maximum absolute atomic E-state index is 13.5. The van der Waals surface area contributed by atoms with E-state index in [1.165, 1.54) is 0 Å². The van der Waals surface area contributed by atoms with Crippen molar-refractivity contribution in [1.29, 1.82) is 0 Å². The number of cyclic esters (lactones) is 1. The van der Waals surface area contributed by atoms with Gasteiger partial charge in [-0.2, -0.15) is 0 Å². The van der Waals surface area contributed by atoms with Crippen LogP contribution in [0.2, 0.25) is 0 Å². The van der Waals surface area contributed by atoms with Crippen molar-refractivity contribution in [2.45, 2.75) is 71.6 Å². The Kier molecular flexibility index (Phi) is 6.60. The highest BCUT2D eigenvalue weighted by molar-refractivity contribution is 5.98. The van der Waals surface area contributed by atoms with E-state index in [4.69, 9.17) is 9.47 Å². The number of carbonyl (C=O) groups is 3. The van der Waals surface area contributed by atoms with Crippen molar-refractivity contribution in [3.63, 3.8) is 0 Å². The van der Waals surface area contributed by atoms with Crippen LogP contribution in [0.3, 0.4) is 0 Å². The summed E-state index contributed by atoms with van der Waals surface area (Å²) in [4.78, 5) is 39.6. The number of alkyl carbamates (subject to hydrolysis) is 1. The summed E-state index contributed by atoms with van der Waals surface area (Å²) in [7, 11) is 0. The molecular weight excluding hydrogens is 372 g/mol. The molecule has 1 aromatic rings. The van der Waals surface area contributed by atoms with Crippen LogP contribution < -0.4 is 5.32 Å². The van der Waals surface area contributed by atoms with Crippen LogP contribution in [0, 0.1) is 5.92 Å². The number of nitrogens with one attached hydrogen (secondary N) is 1. The molecule has 1 fully saturated rings. The number of nitrogens with zero attached hydrogens (tertiary/aromatic N) is 1. The van der Waals surface area contributed by atoms with Crippen molar-refractivity contribution in [3.05, 3.63) is 35.9 Å². The first kappa shape index (κ1) is 22.7. The highest BCUT2D eigenvalue weighted by atomic mass is 16.6. The largest absolute Gasteiger partial charge is 0.447 e. The van der Waals surface area contributed by atoms with Gasteiger partial charge in [-0.15, -0.1) is 0 Å². The molecule has 1 aliphatic heterocycles. The van der Waals surface area contributed by atoms with Gasteiger partial charge in [-0.25, -0.2) is 14.5 Å². The van der Waals surface area contributed by atoms with Crippen LogP contribution in [0.1, 0.15) is 54.0 Å². The van der Waals surface area contributed by atoms with Crippen LogP contribution in [0.5, 0.6) is 0 Å². The number of ether oxygens (including phenoxy) is 2. The van der Waals surface area contributed by atoms with E-state index in [0.29, 0.717) is 0 Å². The van der Waals surface area contributed by atoms with Gasteiger partial charge in [0.25, 0.3) is 5.91 Å². The van der Waals surface area contributed by atoms with E-state index in [0.717, 1.165) is 10.5 Å². The molecule has 1 aliphatic rings. The van der Waals surface area contributed by atoms with Gasteiger partial charge in [-0.05, 0) is 32.3 Å². The van der Waals surface area contributed by atoms with Crippen molar-refractivity contribution < 1.29 is 23.9 Å². The standard InChI is InChI=1S/C22H32N2O5/c1-14(2)16-13-28-20(27)24(16)18(25)17(23-19(26)29-21(3,4)5)22(6,7)15-11-9-8-10-12-15/h8-12,14,16-17H,13H2,1-7H3,(H,23,26)/t16?,17-/m1/s1. The number of hydrogen-bond donors (Lipinski definition) is 1. The lowest BCUT2D eigenvalue weighted by Crippen LogP contribution is -2.59. The Balaban J connectivity index is 2.42. The van der Waals surface area contributed by atoms with Gasteiger partial charge in [0, 0.05) is 5.41 Å². The molecule has 2 atom stereocenters. The SMILES string of the molecule is CC(C)C1COC(=O)N1C(=O)[C@@H](NC(=O)OC(C)(C)C)C(C)(C)c1ccccc1. The Morgan fingerprint density at radius 3 is 2.24 bits per heavy atom.